The summed E-state index contributed by atoms with van der Waals surface area (Å²) in [5.74, 6) is -0.215. The normalized spacial score (nSPS) is 17.4. The summed E-state index contributed by atoms with van der Waals surface area (Å²) >= 11 is 0. The molecule has 1 atom stereocenters. The quantitative estimate of drug-likeness (QED) is 0.797. The second-order valence-electron chi connectivity index (χ2n) is 7.17. The molecule has 4 nitrogen and oxygen atoms in total. The first-order valence-electron chi connectivity index (χ1n) is 8.56. The molecular weight excluding hydrogens is 317 g/mol. The van der Waals surface area contributed by atoms with Crippen molar-refractivity contribution in [2.45, 2.75) is 32.0 Å². The Labute approximate surface area is 146 Å². The largest absolute Gasteiger partial charge is 0.384 e. The van der Waals surface area contributed by atoms with Crippen LogP contribution in [-0.2, 0) is 25.1 Å². The van der Waals surface area contributed by atoms with Gasteiger partial charge >= 0.3 is 0 Å². The van der Waals surface area contributed by atoms with E-state index in [9.17, 15) is 9.50 Å². The predicted molar refractivity (Wildman–Crippen MR) is 95.7 cm³/mol. The minimum atomic E-state index is -1.03. The molecule has 0 amide bonds. The number of likely N-dealkylation sites (N-methyl/N-ethyl adjacent to an activating group) is 1. The number of hydrogen-bond acceptors (Lipinski definition) is 3. The van der Waals surface area contributed by atoms with E-state index in [1.807, 2.05) is 25.1 Å². The first-order valence-corrected chi connectivity index (χ1v) is 8.56. The van der Waals surface area contributed by atoms with Gasteiger partial charge in [-0.1, -0.05) is 0 Å². The molecule has 0 aliphatic carbocycles. The van der Waals surface area contributed by atoms with Crippen molar-refractivity contribution in [2.24, 2.45) is 0 Å². The molecule has 130 valence electrons. The summed E-state index contributed by atoms with van der Waals surface area (Å²) in [6, 6.07) is 8.62. The summed E-state index contributed by atoms with van der Waals surface area (Å²) in [4.78, 5) is 6.29. The van der Waals surface area contributed by atoms with Crippen LogP contribution in [0.15, 0.2) is 42.7 Å². The lowest BCUT2D eigenvalue weighted by Gasteiger charge is -2.29. The van der Waals surface area contributed by atoms with Crippen molar-refractivity contribution in [3.05, 3.63) is 65.4 Å². The van der Waals surface area contributed by atoms with Crippen molar-refractivity contribution in [3.8, 4) is 0 Å². The highest BCUT2D eigenvalue weighted by molar-refractivity contribution is 5.86. The van der Waals surface area contributed by atoms with Gasteiger partial charge in [-0.25, -0.2) is 4.39 Å². The van der Waals surface area contributed by atoms with Crippen LogP contribution in [0.4, 0.5) is 4.39 Å². The Bertz CT molecular complexity index is 918. The Morgan fingerprint density at radius 3 is 2.76 bits per heavy atom. The molecule has 0 saturated carbocycles. The van der Waals surface area contributed by atoms with Gasteiger partial charge in [-0.05, 0) is 61.9 Å². The van der Waals surface area contributed by atoms with Crippen LogP contribution in [0.25, 0.3) is 10.9 Å². The number of aromatic nitrogens is 2. The summed E-state index contributed by atoms with van der Waals surface area (Å²) in [6.07, 6.45) is 4.28. The molecule has 1 aliphatic heterocycles. The second kappa shape index (κ2) is 5.93. The van der Waals surface area contributed by atoms with E-state index >= 15 is 0 Å². The summed E-state index contributed by atoms with van der Waals surface area (Å²) in [5.41, 5.74) is 3.15. The van der Waals surface area contributed by atoms with Crippen molar-refractivity contribution in [1.82, 2.24) is 14.5 Å². The van der Waals surface area contributed by atoms with Crippen LogP contribution in [0.2, 0.25) is 0 Å². The standard InChI is InChI=1S/C20H22FN3O/c1-20(25,14-5-8-22-9-6-14)13-24-18-4-3-15(21)11-17(18)16-7-10-23(2)12-19(16)24/h3-6,8-9,11,25H,7,10,12-13H2,1-2H3. The lowest BCUT2D eigenvalue weighted by Crippen LogP contribution is -2.32. The first kappa shape index (κ1) is 16.2. The molecule has 0 bridgehead atoms. The number of pyridine rings is 1. The number of aliphatic hydroxyl groups is 1. The monoisotopic (exact) mass is 339 g/mol. The molecule has 3 heterocycles. The Hall–Kier alpha value is -2.24. The average Bonchev–Trinajstić information content (AvgIpc) is 2.88. The van der Waals surface area contributed by atoms with Crippen LogP contribution in [0.3, 0.4) is 0 Å². The third-order valence-corrected chi connectivity index (χ3v) is 5.18. The third-order valence-electron chi connectivity index (χ3n) is 5.18. The van der Waals surface area contributed by atoms with Crippen LogP contribution in [0, 0.1) is 5.82 Å². The molecule has 3 aromatic rings. The first-order chi connectivity index (χ1) is 12.0. The molecule has 2 aromatic heterocycles. The smallest absolute Gasteiger partial charge is 0.123 e. The molecule has 1 unspecified atom stereocenters. The highest BCUT2D eigenvalue weighted by Gasteiger charge is 2.29. The molecule has 1 aromatic carbocycles. The minimum absolute atomic E-state index is 0.215. The second-order valence-corrected chi connectivity index (χ2v) is 7.17. The van der Waals surface area contributed by atoms with Gasteiger partial charge < -0.3 is 14.6 Å². The maximum absolute atomic E-state index is 13.8. The number of rotatable bonds is 3. The molecule has 25 heavy (non-hydrogen) atoms. The van der Waals surface area contributed by atoms with Crippen LogP contribution < -0.4 is 0 Å². The van der Waals surface area contributed by atoms with Crippen molar-refractivity contribution < 1.29 is 9.50 Å². The predicted octanol–water partition coefficient (Wildman–Crippen LogP) is 3.07. The molecule has 0 saturated heterocycles. The van der Waals surface area contributed by atoms with E-state index in [-0.39, 0.29) is 5.82 Å². The van der Waals surface area contributed by atoms with Crippen molar-refractivity contribution in [3.63, 3.8) is 0 Å². The molecule has 0 spiro atoms. The van der Waals surface area contributed by atoms with Gasteiger partial charge in [0.15, 0.2) is 0 Å². The van der Waals surface area contributed by atoms with Gasteiger partial charge in [0.25, 0.3) is 0 Å². The minimum Gasteiger partial charge on any atom is -0.384 e. The molecule has 0 radical (unpaired) electrons. The van der Waals surface area contributed by atoms with Gasteiger partial charge in [-0.2, -0.15) is 0 Å². The van der Waals surface area contributed by atoms with Gasteiger partial charge in [-0.3, -0.25) is 4.98 Å². The van der Waals surface area contributed by atoms with Gasteiger partial charge in [0.1, 0.15) is 11.4 Å². The molecule has 4 rings (SSSR count). The van der Waals surface area contributed by atoms with Gasteiger partial charge in [0.05, 0.1) is 6.54 Å². The van der Waals surface area contributed by atoms with E-state index in [1.165, 1.54) is 17.3 Å². The van der Waals surface area contributed by atoms with Crippen LogP contribution in [0.5, 0.6) is 0 Å². The lowest BCUT2D eigenvalue weighted by molar-refractivity contribution is 0.0380. The Balaban J connectivity index is 1.85. The van der Waals surface area contributed by atoms with Gasteiger partial charge in [-0.15, -0.1) is 0 Å². The maximum atomic E-state index is 13.8. The van der Waals surface area contributed by atoms with Crippen LogP contribution in [0.1, 0.15) is 23.7 Å². The molecule has 1 aliphatic rings. The van der Waals surface area contributed by atoms with Crippen LogP contribution in [-0.4, -0.2) is 33.1 Å². The topological polar surface area (TPSA) is 41.3 Å². The van der Waals surface area contributed by atoms with Crippen molar-refractivity contribution in [1.29, 1.82) is 0 Å². The number of fused-ring (bicyclic) bond motifs is 3. The maximum Gasteiger partial charge on any atom is 0.123 e. The fourth-order valence-electron chi connectivity index (χ4n) is 3.84. The van der Waals surface area contributed by atoms with E-state index in [2.05, 4.69) is 21.5 Å². The van der Waals surface area contributed by atoms with E-state index in [0.717, 1.165) is 36.0 Å². The van der Waals surface area contributed by atoms with Crippen molar-refractivity contribution >= 4 is 10.9 Å². The van der Waals surface area contributed by atoms with Gasteiger partial charge in [0, 0.05) is 42.1 Å². The van der Waals surface area contributed by atoms with E-state index < -0.39 is 5.60 Å². The molecule has 0 fully saturated rings. The Kier molecular flexibility index (Phi) is 3.85. The number of benzene rings is 1. The SMILES string of the molecule is CN1CCc2c(n(CC(C)(O)c3ccncc3)c3ccc(F)cc23)C1. The van der Waals surface area contributed by atoms with Crippen LogP contribution >= 0.6 is 0 Å². The lowest BCUT2D eigenvalue weighted by atomic mass is 9.97. The molecular formula is C20H22FN3O. The number of nitrogens with zero attached hydrogens (tertiary/aromatic N) is 3. The summed E-state index contributed by atoms with van der Waals surface area (Å²) in [5, 5.41) is 12.1. The summed E-state index contributed by atoms with van der Waals surface area (Å²) < 4.78 is 16.0. The summed E-state index contributed by atoms with van der Waals surface area (Å²) in [6.45, 7) is 4.00. The zero-order chi connectivity index (χ0) is 17.6. The zero-order valence-corrected chi connectivity index (χ0v) is 14.5. The van der Waals surface area contributed by atoms with E-state index in [0.29, 0.717) is 6.54 Å². The highest BCUT2D eigenvalue weighted by atomic mass is 19.1. The Morgan fingerprint density at radius 2 is 2.00 bits per heavy atom. The molecule has 1 N–H and O–H groups in total. The summed E-state index contributed by atoms with van der Waals surface area (Å²) in [7, 11) is 2.09. The fraction of sp³-hybridized carbons (Fsp3) is 0.350. The highest BCUT2D eigenvalue weighted by Crippen LogP contribution is 2.34. The number of halogens is 1. The zero-order valence-electron chi connectivity index (χ0n) is 14.5. The average molecular weight is 339 g/mol. The Morgan fingerprint density at radius 1 is 1.24 bits per heavy atom. The van der Waals surface area contributed by atoms with Crippen molar-refractivity contribution in [2.75, 3.05) is 13.6 Å². The molecule has 5 heteroatoms. The third kappa shape index (κ3) is 2.83. The number of hydrogen-bond donors (Lipinski definition) is 1. The van der Waals surface area contributed by atoms with E-state index in [1.54, 1.807) is 18.5 Å². The van der Waals surface area contributed by atoms with E-state index in [4.69, 9.17) is 0 Å². The fourth-order valence-corrected chi connectivity index (χ4v) is 3.84. The van der Waals surface area contributed by atoms with Gasteiger partial charge in [0.2, 0.25) is 0 Å².